The summed E-state index contributed by atoms with van der Waals surface area (Å²) < 4.78 is 33.1. The molecule has 2 N–H and O–H groups in total. The quantitative estimate of drug-likeness (QED) is 0.247. The Morgan fingerprint density at radius 2 is 1.60 bits per heavy atom. The highest BCUT2D eigenvalue weighted by Gasteiger charge is 2.23. The summed E-state index contributed by atoms with van der Waals surface area (Å²) in [7, 11) is 0. The van der Waals surface area contributed by atoms with Gasteiger partial charge in [-0.25, -0.2) is 18.6 Å². The zero-order chi connectivity index (χ0) is 29.2. The Bertz CT molecular complexity index is 1760. The summed E-state index contributed by atoms with van der Waals surface area (Å²) in [6.45, 7) is 3.85. The second kappa shape index (κ2) is 11.3. The maximum absolute atomic E-state index is 13.9. The van der Waals surface area contributed by atoms with Crippen molar-refractivity contribution in [1.29, 1.82) is 0 Å². The Morgan fingerprint density at radius 3 is 2.31 bits per heavy atom. The molecule has 0 unspecified atom stereocenters. The molecule has 8 nitrogen and oxygen atoms in total. The lowest BCUT2D eigenvalue weighted by atomic mass is 10.0. The van der Waals surface area contributed by atoms with Crippen LogP contribution < -0.4 is 15.5 Å². The molecule has 2 aromatic heterocycles. The lowest BCUT2D eigenvalue weighted by Crippen LogP contribution is -2.50. The topological polar surface area (TPSA) is 90.7 Å². The van der Waals surface area contributed by atoms with Gasteiger partial charge >= 0.3 is 6.03 Å². The molecule has 1 fully saturated rings. The number of carbonyl (C=O) groups excluding carboxylic acids is 2. The molecule has 0 radical (unpaired) electrons. The molecule has 0 spiro atoms. The first kappa shape index (κ1) is 26.9. The number of piperazine rings is 1. The highest BCUT2D eigenvalue weighted by molar-refractivity contribution is 6.06. The van der Waals surface area contributed by atoms with E-state index < -0.39 is 11.7 Å². The van der Waals surface area contributed by atoms with Crippen molar-refractivity contribution in [1.82, 2.24) is 9.88 Å². The number of hydrogen-bond acceptors (Lipinski definition) is 5. The number of benzene rings is 3. The monoisotopic (exact) mass is 567 g/mol. The summed E-state index contributed by atoms with van der Waals surface area (Å²) in [5, 5.41) is 6.26. The molecule has 0 saturated carbocycles. The third-order valence-corrected chi connectivity index (χ3v) is 7.33. The van der Waals surface area contributed by atoms with E-state index in [2.05, 4.69) is 15.6 Å². The zero-order valence-corrected chi connectivity index (χ0v) is 22.7. The van der Waals surface area contributed by atoms with Gasteiger partial charge in [-0.2, -0.15) is 0 Å². The van der Waals surface area contributed by atoms with Gasteiger partial charge in [0.15, 0.2) is 5.76 Å². The van der Waals surface area contributed by atoms with Crippen LogP contribution in [0.3, 0.4) is 0 Å². The molecule has 3 amide bonds. The number of nitrogens with zero attached hydrogens (tertiary/aromatic N) is 3. The van der Waals surface area contributed by atoms with Crippen LogP contribution in [0.15, 0.2) is 89.5 Å². The molecular formula is C32H27F2N5O3. The number of hydrogen-bond donors (Lipinski definition) is 2. The number of carbonyl (C=O) groups is 2. The second-order valence-corrected chi connectivity index (χ2v) is 10.0. The van der Waals surface area contributed by atoms with Crippen molar-refractivity contribution in [2.45, 2.75) is 6.92 Å². The van der Waals surface area contributed by atoms with Crippen molar-refractivity contribution in [2.24, 2.45) is 0 Å². The van der Waals surface area contributed by atoms with Crippen molar-refractivity contribution in [2.75, 3.05) is 41.7 Å². The number of para-hydroxylation sites is 1. The number of aryl methyl sites for hydroxylation is 1. The standard InChI is InChI=1S/C32H27F2N5O3/c1-20-25-18-22(21-6-9-23(33)10-7-21)8-12-28(25)42-30(20)31(40)36-24-11-13-29(35-19-24)38-14-16-39(17-15-38)32(41)37-27-5-3-2-4-26(27)34/h2-13,18-19H,14-17H2,1H3,(H,36,40)(H,37,41). The Hall–Kier alpha value is -5.25. The molecular weight excluding hydrogens is 540 g/mol. The van der Waals surface area contributed by atoms with Crippen molar-refractivity contribution >= 4 is 40.1 Å². The van der Waals surface area contributed by atoms with E-state index in [-0.39, 0.29) is 23.3 Å². The van der Waals surface area contributed by atoms with Crippen LogP contribution in [0.4, 0.5) is 30.8 Å². The molecule has 1 aliphatic rings. The van der Waals surface area contributed by atoms with Gasteiger partial charge in [0.1, 0.15) is 23.0 Å². The maximum Gasteiger partial charge on any atom is 0.322 e. The molecule has 1 saturated heterocycles. The number of halogens is 2. The number of anilines is 3. The lowest BCUT2D eigenvalue weighted by molar-refractivity contribution is 0.0998. The number of urea groups is 1. The van der Waals surface area contributed by atoms with Crippen LogP contribution in [0.1, 0.15) is 16.1 Å². The van der Waals surface area contributed by atoms with E-state index in [0.29, 0.717) is 43.0 Å². The van der Waals surface area contributed by atoms with Crippen LogP contribution >= 0.6 is 0 Å². The van der Waals surface area contributed by atoms with Crippen molar-refractivity contribution in [3.05, 3.63) is 108 Å². The van der Waals surface area contributed by atoms with E-state index in [9.17, 15) is 18.4 Å². The smallest absolute Gasteiger partial charge is 0.322 e. The van der Waals surface area contributed by atoms with Crippen LogP contribution in [-0.4, -0.2) is 48.0 Å². The minimum Gasteiger partial charge on any atom is -0.451 e. The summed E-state index contributed by atoms with van der Waals surface area (Å²) in [4.78, 5) is 33.8. The third-order valence-electron chi connectivity index (χ3n) is 7.33. The predicted molar refractivity (Wildman–Crippen MR) is 158 cm³/mol. The van der Waals surface area contributed by atoms with Crippen LogP contribution in [0.2, 0.25) is 0 Å². The van der Waals surface area contributed by atoms with Gasteiger partial charge in [0.25, 0.3) is 5.91 Å². The van der Waals surface area contributed by atoms with Gasteiger partial charge in [-0.15, -0.1) is 0 Å². The van der Waals surface area contributed by atoms with Gasteiger partial charge in [0.2, 0.25) is 0 Å². The molecule has 3 heterocycles. The summed E-state index contributed by atoms with van der Waals surface area (Å²) in [5.74, 6) is -0.250. The molecule has 0 atom stereocenters. The van der Waals surface area contributed by atoms with Crippen molar-refractivity contribution < 1.29 is 22.8 Å². The summed E-state index contributed by atoms with van der Waals surface area (Å²) in [6, 6.07) is 21.1. The highest BCUT2D eigenvalue weighted by atomic mass is 19.1. The minimum absolute atomic E-state index is 0.150. The van der Waals surface area contributed by atoms with E-state index in [1.54, 1.807) is 47.5 Å². The molecule has 0 aliphatic carbocycles. The van der Waals surface area contributed by atoms with Gasteiger partial charge in [0.05, 0.1) is 17.6 Å². The van der Waals surface area contributed by atoms with E-state index in [4.69, 9.17) is 4.42 Å². The molecule has 42 heavy (non-hydrogen) atoms. The number of pyridine rings is 1. The summed E-state index contributed by atoms with van der Waals surface area (Å²) >= 11 is 0. The maximum atomic E-state index is 13.9. The Labute approximate surface area is 240 Å². The molecule has 0 bridgehead atoms. The van der Waals surface area contributed by atoms with Crippen LogP contribution in [0.5, 0.6) is 0 Å². The Kier molecular flexibility index (Phi) is 7.26. The van der Waals surface area contributed by atoms with Gasteiger partial charge in [-0.3, -0.25) is 4.79 Å². The zero-order valence-electron chi connectivity index (χ0n) is 22.7. The van der Waals surface area contributed by atoms with Gasteiger partial charge < -0.3 is 24.9 Å². The average molecular weight is 568 g/mol. The van der Waals surface area contributed by atoms with Crippen LogP contribution in [-0.2, 0) is 0 Å². The first-order valence-corrected chi connectivity index (χ1v) is 13.5. The predicted octanol–water partition coefficient (Wildman–Crippen LogP) is 6.69. The fraction of sp³-hybridized carbons (Fsp3) is 0.156. The van der Waals surface area contributed by atoms with Crippen molar-refractivity contribution in [3.63, 3.8) is 0 Å². The number of furan rings is 1. The second-order valence-electron chi connectivity index (χ2n) is 10.0. The fourth-order valence-corrected chi connectivity index (χ4v) is 4.99. The number of amides is 3. The Morgan fingerprint density at radius 1 is 0.857 bits per heavy atom. The van der Waals surface area contributed by atoms with Gasteiger partial charge in [-0.1, -0.05) is 30.3 Å². The largest absolute Gasteiger partial charge is 0.451 e. The lowest BCUT2D eigenvalue weighted by Gasteiger charge is -2.35. The summed E-state index contributed by atoms with van der Waals surface area (Å²) in [5.41, 5.74) is 3.70. The van der Waals surface area contributed by atoms with Gasteiger partial charge in [-0.05, 0) is 66.6 Å². The van der Waals surface area contributed by atoms with E-state index in [0.717, 1.165) is 22.3 Å². The number of rotatable bonds is 5. The fourth-order valence-electron chi connectivity index (χ4n) is 4.99. The molecule has 3 aromatic carbocycles. The minimum atomic E-state index is -0.479. The number of fused-ring (bicyclic) bond motifs is 1. The number of aromatic nitrogens is 1. The van der Waals surface area contributed by atoms with Crippen molar-refractivity contribution in [3.8, 4) is 11.1 Å². The first-order chi connectivity index (χ1) is 20.4. The Balaban J connectivity index is 1.07. The van der Waals surface area contributed by atoms with Crippen LogP contribution in [0, 0.1) is 18.6 Å². The highest BCUT2D eigenvalue weighted by Crippen LogP contribution is 2.31. The van der Waals surface area contributed by atoms with E-state index >= 15 is 0 Å². The first-order valence-electron chi connectivity index (χ1n) is 13.5. The van der Waals surface area contributed by atoms with E-state index in [1.165, 1.54) is 24.3 Å². The van der Waals surface area contributed by atoms with Crippen LogP contribution in [0.25, 0.3) is 22.1 Å². The third kappa shape index (κ3) is 5.51. The van der Waals surface area contributed by atoms with E-state index in [1.807, 2.05) is 30.0 Å². The van der Waals surface area contributed by atoms with Gasteiger partial charge in [0, 0.05) is 37.1 Å². The molecule has 5 aromatic rings. The molecule has 212 valence electrons. The normalized spacial score (nSPS) is 13.3. The molecule has 1 aliphatic heterocycles. The molecule has 6 rings (SSSR count). The number of nitrogens with one attached hydrogen (secondary N) is 2. The average Bonchev–Trinajstić information content (AvgIpc) is 3.35. The summed E-state index contributed by atoms with van der Waals surface area (Å²) in [6.07, 6.45) is 1.58. The SMILES string of the molecule is Cc1c(C(=O)Nc2ccc(N3CCN(C(=O)Nc4ccccc4F)CC3)nc2)oc2ccc(-c3ccc(F)cc3)cc12. The molecule has 10 heteroatoms.